The summed E-state index contributed by atoms with van der Waals surface area (Å²) in [7, 11) is 3.33. The van der Waals surface area contributed by atoms with Crippen molar-refractivity contribution in [2.75, 3.05) is 26.1 Å². The lowest BCUT2D eigenvalue weighted by atomic mass is 10.1. The summed E-state index contributed by atoms with van der Waals surface area (Å²) in [6.07, 6.45) is 0. The normalized spacial score (nSPS) is 11.0. The fraction of sp³-hybridized carbons (Fsp3) is 0.211. The van der Waals surface area contributed by atoms with Crippen molar-refractivity contribution in [2.45, 2.75) is 6.92 Å². The summed E-state index contributed by atoms with van der Waals surface area (Å²) in [6.45, 7) is 1.75. The lowest BCUT2D eigenvalue weighted by Crippen LogP contribution is -2.27. The lowest BCUT2D eigenvalue weighted by molar-refractivity contribution is -0.255. The molecule has 2 aromatic rings. The molecule has 1 amide bonds. The van der Waals surface area contributed by atoms with Crippen LogP contribution in [0.15, 0.2) is 47.6 Å². The Labute approximate surface area is 162 Å². The highest BCUT2D eigenvalue weighted by Gasteiger charge is 2.06. The highest BCUT2D eigenvalue weighted by Crippen LogP contribution is 2.23. The second-order valence-corrected chi connectivity index (χ2v) is 6.30. The van der Waals surface area contributed by atoms with Gasteiger partial charge < -0.3 is 19.5 Å². The van der Waals surface area contributed by atoms with Gasteiger partial charge in [-0.2, -0.15) is 5.10 Å². The Morgan fingerprint density at radius 2 is 1.78 bits per heavy atom. The zero-order valence-electron chi connectivity index (χ0n) is 15.2. The van der Waals surface area contributed by atoms with Crippen LogP contribution >= 0.6 is 11.6 Å². The van der Waals surface area contributed by atoms with E-state index in [1.807, 2.05) is 0 Å². The molecule has 142 valence electrons. The number of nitrogens with one attached hydrogen (secondary N) is 1. The highest BCUT2D eigenvalue weighted by atomic mass is 35.5. The van der Waals surface area contributed by atoms with E-state index in [2.05, 4.69) is 10.5 Å². The van der Waals surface area contributed by atoms with E-state index in [0.29, 0.717) is 22.2 Å². The summed E-state index contributed by atoms with van der Waals surface area (Å²) in [5.74, 6) is -0.852. The number of amides is 1. The summed E-state index contributed by atoms with van der Waals surface area (Å²) in [5.41, 5.74) is 4.60. The molecule has 8 heteroatoms. The van der Waals surface area contributed by atoms with Crippen molar-refractivity contribution in [1.82, 2.24) is 4.90 Å². The van der Waals surface area contributed by atoms with Crippen LogP contribution in [0.25, 0.3) is 0 Å². The number of carbonyl (C=O) groups is 2. The minimum Gasteiger partial charge on any atom is -0.545 e. The third-order valence-corrected chi connectivity index (χ3v) is 4.01. The SMILES string of the molecule is C/C(=N/Nc1cc(C(=O)[O-])ccc1Cl)c1ccc(OCC(=O)N(C)C)cc1. The van der Waals surface area contributed by atoms with E-state index in [1.54, 1.807) is 45.3 Å². The van der Waals surface area contributed by atoms with Gasteiger partial charge in [-0.05, 0) is 54.4 Å². The molecule has 0 saturated heterocycles. The van der Waals surface area contributed by atoms with Crippen LogP contribution in [0.3, 0.4) is 0 Å². The third kappa shape index (κ3) is 5.72. The standard InChI is InChI=1S/C19H20ClN3O4/c1-12(21-22-17-10-14(19(25)26)6-9-16(17)20)13-4-7-15(8-5-13)27-11-18(24)23(2)3/h4-10,22H,11H2,1-3H3,(H,25,26)/p-1/b21-12-. The molecular weight excluding hydrogens is 370 g/mol. The number of carboxylic acid groups (broad SMARTS) is 1. The fourth-order valence-electron chi connectivity index (χ4n) is 2.01. The Kier molecular flexibility index (Phi) is 6.79. The minimum atomic E-state index is -1.29. The number of rotatable bonds is 7. The molecule has 2 aromatic carbocycles. The molecule has 0 saturated carbocycles. The van der Waals surface area contributed by atoms with Crippen LogP contribution in [0.5, 0.6) is 5.75 Å². The first-order chi connectivity index (χ1) is 12.8. The topological polar surface area (TPSA) is 94.1 Å². The van der Waals surface area contributed by atoms with Gasteiger partial charge in [0.2, 0.25) is 0 Å². The van der Waals surface area contributed by atoms with Crippen LogP contribution < -0.4 is 15.3 Å². The molecular formula is C19H19ClN3O4-. The number of aromatic carboxylic acids is 1. The first kappa shape index (κ1) is 20.3. The maximum atomic E-state index is 11.5. The van der Waals surface area contributed by atoms with Crippen LogP contribution in [-0.4, -0.2) is 43.2 Å². The van der Waals surface area contributed by atoms with E-state index in [1.165, 1.54) is 23.1 Å². The summed E-state index contributed by atoms with van der Waals surface area (Å²) in [6, 6.07) is 11.2. The number of anilines is 1. The molecule has 27 heavy (non-hydrogen) atoms. The van der Waals surface area contributed by atoms with E-state index < -0.39 is 5.97 Å². The summed E-state index contributed by atoms with van der Waals surface area (Å²) in [4.78, 5) is 23.9. The Morgan fingerprint density at radius 1 is 1.15 bits per heavy atom. The van der Waals surface area contributed by atoms with E-state index in [9.17, 15) is 14.7 Å². The molecule has 0 fully saturated rings. The maximum Gasteiger partial charge on any atom is 0.259 e. The predicted octanol–water partition coefficient (Wildman–Crippen LogP) is 2.01. The third-order valence-electron chi connectivity index (χ3n) is 3.68. The van der Waals surface area contributed by atoms with E-state index in [4.69, 9.17) is 16.3 Å². The number of hydrogen-bond donors (Lipinski definition) is 1. The van der Waals surface area contributed by atoms with Gasteiger partial charge in [-0.15, -0.1) is 0 Å². The first-order valence-corrected chi connectivity index (χ1v) is 8.40. The van der Waals surface area contributed by atoms with Gasteiger partial charge in [-0.25, -0.2) is 0 Å². The Bertz CT molecular complexity index is 864. The van der Waals surface area contributed by atoms with Crippen LogP contribution in [0.4, 0.5) is 5.69 Å². The minimum absolute atomic E-state index is 0.00326. The van der Waals surface area contributed by atoms with Gasteiger partial charge in [0.15, 0.2) is 6.61 Å². The number of benzene rings is 2. The maximum absolute atomic E-state index is 11.5. The number of ether oxygens (including phenoxy) is 1. The summed E-state index contributed by atoms with van der Waals surface area (Å²) in [5, 5.41) is 15.5. The number of likely N-dealkylation sites (N-methyl/N-ethyl adjacent to an activating group) is 1. The molecule has 0 aliphatic heterocycles. The summed E-state index contributed by atoms with van der Waals surface area (Å²) >= 11 is 6.04. The van der Waals surface area contributed by atoms with Gasteiger partial charge >= 0.3 is 0 Å². The van der Waals surface area contributed by atoms with Gasteiger partial charge in [0.05, 0.1) is 22.4 Å². The van der Waals surface area contributed by atoms with Crippen LogP contribution in [0, 0.1) is 0 Å². The van der Waals surface area contributed by atoms with Crippen molar-refractivity contribution in [1.29, 1.82) is 0 Å². The van der Waals surface area contributed by atoms with Crippen molar-refractivity contribution >= 4 is 34.9 Å². The molecule has 2 rings (SSSR count). The molecule has 0 heterocycles. The van der Waals surface area contributed by atoms with E-state index in [0.717, 1.165) is 5.56 Å². The Hall–Kier alpha value is -3.06. The van der Waals surface area contributed by atoms with Crippen molar-refractivity contribution in [3.8, 4) is 5.75 Å². The summed E-state index contributed by atoms with van der Waals surface area (Å²) < 4.78 is 5.42. The molecule has 7 nitrogen and oxygen atoms in total. The predicted molar refractivity (Wildman–Crippen MR) is 102 cm³/mol. The van der Waals surface area contributed by atoms with Gasteiger partial charge in [-0.3, -0.25) is 10.2 Å². The average Bonchev–Trinajstić information content (AvgIpc) is 2.65. The fourth-order valence-corrected chi connectivity index (χ4v) is 2.17. The van der Waals surface area contributed by atoms with E-state index >= 15 is 0 Å². The van der Waals surface area contributed by atoms with Gasteiger partial charge in [0.1, 0.15) is 5.75 Å². The quantitative estimate of drug-likeness (QED) is 0.578. The first-order valence-electron chi connectivity index (χ1n) is 8.02. The number of carbonyl (C=O) groups excluding carboxylic acids is 2. The van der Waals surface area contributed by atoms with Crippen LogP contribution in [0.2, 0.25) is 5.02 Å². The molecule has 0 radical (unpaired) electrons. The molecule has 1 N–H and O–H groups in total. The number of nitrogens with zero attached hydrogens (tertiary/aromatic N) is 2. The molecule has 0 bridgehead atoms. The average molecular weight is 389 g/mol. The number of hydrogen-bond acceptors (Lipinski definition) is 6. The zero-order valence-corrected chi connectivity index (χ0v) is 15.9. The van der Waals surface area contributed by atoms with Crippen molar-refractivity contribution in [3.05, 3.63) is 58.6 Å². The monoisotopic (exact) mass is 388 g/mol. The Balaban J connectivity index is 2.05. The zero-order chi connectivity index (χ0) is 20.0. The second-order valence-electron chi connectivity index (χ2n) is 5.89. The van der Waals surface area contributed by atoms with Crippen molar-refractivity contribution in [2.24, 2.45) is 5.10 Å². The smallest absolute Gasteiger partial charge is 0.259 e. The van der Waals surface area contributed by atoms with Gasteiger partial charge in [0.25, 0.3) is 5.91 Å². The highest BCUT2D eigenvalue weighted by molar-refractivity contribution is 6.33. The molecule has 0 aliphatic rings. The Morgan fingerprint density at radius 3 is 2.37 bits per heavy atom. The second kappa shape index (κ2) is 9.05. The number of hydrazone groups is 1. The molecule has 0 aliphatic carbocycles. The molecule has 0 spiro atoms. The number of halogens is 1. The molecule has 0 unspecified atom stereocenters. The largest absolute Gasteiger partial charge is 0.545 e. The van der Waals surface area contributed by atoms with E-state index in [-0.39, 0.29) is 18.1 Å². The molecule has 0 aromatic heterocycles. The van der Waals surface area contributed by atoms with Crippen molar-refractivity contribution < 1.29 is 19.4 Å². The van der Waals surface area contributed by atoms with Gasteiger partial charge in [-0.1, -0.05) is 17.7 Å². The number of carboxylic acids is 1. The van der Waals surface area contributed by atoms with Crippen LogP contribution in [-0.2, 0) is 4.79 Å². The molecule has 0 atom stereocenters. The van der Waals surface area contributed by atoms with Gasteiger partial charge in [0, 0.05) is 14.1 Å². The van der Waals surface area contributed by atoms with Crippen molar-refractivity contribution in [3.63, 3.8) is 0 Å². The van der Waals surface area contributed by atoms with Crippen LogP contribution in [0.1, 0.15) is 22.8 Å². The lowest BCUT2D eigenvalue weighted by Gasteiger charge is -2.11.